The zero-order valence-corrected chi connectivity index (χ0v) is 20.3. The number of nitrogens with two attached hydrogens (primary N) is 1. The number of nitrogens with zero attached hydrogens (tertiary/aromatic N) is 5. The topological polar surface area (TPSA) is 91.1 Å². The van der Waals surface area contributed by atoms with E-state index in [1.165, 1.54) is 9.36 Å². The monoisotopic (exact) mass is 480 g/mol. The lowest BCUT2D eigenvalue weighted by Crippen LogP contribution is -2.44. The number of terminal acetylenes is 1. The van der Waals surface area contributed by atoms with E-state index in [9.17, 15) is 9.59 Å². The number of rotatable bonds is 5. The lowest BCUT2D eigenvalue weighted by atomic mass is 10.0. The zero-order valence-electron chi connectivity index (χ0n) is 20.3. The number of anilines is 1. The van der Waals surface area contributed by atoms with E-state index in [4.69, 9.17) is 12.2 Å². The van der Waals surface area contributed by atoms with Crippen LogP contribution in [0.1, 0.15) is 25.3 Å². The van der Waals surface area contributed by atoms with Crippen LogP contribution in [0.5, 0.6) is 0 Å². The lowest BCUT2D eigenvalue weighted by molar-refractivity contribution is 0.482. The maximum Gasteiger partial charge on any atom is 0.294 e. The van der Waals surface area contributed by atoms with E-state index in [1.54, 1.807) is 11.5 Å². The number of hydrogen-bond acceptors (Lipinski definition) is 5. The molecule has 0 spiro atoms. The number of aromatic nitrogens is 4. The SMILES string of the molecule is C#CCn1c(=O)c2nc(N3CCC[C@@H](N)C3)n(CC#CC)c2c(=O)n1Cc1cccc2ccccc12. The van der Waals surface area contributed by atoms with E-state index >= 15 is 0 Å². The molecule has 1 atom stereocenters. The van der Waals surface area contributed by atoms with Gasteiger partial charge in [0.05, 0.1) is 13.1 Å². The van der Waals surface area contributed by atoms with E-state index in [-0.39, 0.29) is 42.3 Å². The van der Waals surface area contributed by atoms with Gasteiger partial charge in [0.1, 0.15) is 12.1 Å². The summed E-state index contributed by atoms with van der Waals surface area (Å²) in [5.41, 5.74) is 6.77. The second-order valence-electron chi connectivity index (χ2n) is 9.04. The highest BCUT2D eigenvalue weighted by Crippen LogP contribution is 2.23. The van der Waals surface area contributed by atoms with Crippen LogP contribution in [0.25, 0.3) is 21.8 Å². The van der Waals surface area contributed by atoms with Crippen LogP contribution in [0, 0.1) is 24.2 Å². The highest BCUT2D eigenvalue weighted by atomic mass is 16.2. The Kier molecular flexibility index (Phi) is 6.37. The van der Waals surface area contributed by atoms with E-state index in [0.29, 0.717) is 12.5 Å². The summed E-state index contributed by atoms with van der Waals surface area (Å²) in [5.74, 6) is 9.00. The highest BCUT2D eigenvalue weighted by Gasteiger charge is 2.26. The molecule has 8 nitrogen and oxygen atoms in total. The summed E-state index contributed by atoms with van der Waals surface area (Å²) < 4.78 is 4.52. The molecule has 0 radical (unpaired) electrons. The molecule has 8 heteroatoms. The van der Waals surface area contributed by atoms with Crippen molar-refractivity contribution < 1.29 is 0 Å². The Balaban J connectivity index is 1.76. The molecule has 0 unspecified atom stereocenters. The van der Waals surface area contributed by atoms with Crippen LogP contribution in [0.3, 0.4) is 0 Å². The predicted molar refractivity (Wildman–Crippen MR) is 143 cm³/mol. The molecule has 2 aromatic heterocycles. The Bertz CT molecular complexity index is 1670. The van der Waals surface area contributed by atoms with Gasteiger partial charge in [-0.1, -0.05) is 54.3 Å². The van der Waals surface area contributed by atoms with Gasteiger partial charge in [-0.25, -0.2) is 14.3 Å². The fraction of sp³-hybridized carbons (Fsp3) is 0.321. The van der Waals surface area contributed by atoms with Crippen LogP contribution in [0.4, 0.5) is 5.95 Å². The predicted octanol–water partition coefficient (Wildman–Crippen LogP) is 2.15. The maximum atomic E-state index is 14.0. The fourth-order valence-electron chi connectivity index (χ4n) is 5.00. The molecule has 4 aromatic rings. The molecule has 0 bridgehead atoms. The molecule has 1 aliphatic heterocycles. The molecule has 3 heterocycles. The first-order valence-corrected chi connectivity index (χ1v) is 12.1. The molecule has 2 aromatic carbocycles. The molecule has 0 amide bonds. The van der Waals surface area contributed by atoms with Crippen molar-refractivity contribution in [2.45, 2.75) is 45.4 Å². The van der Waals surface area contributed by atoms with Gasteiger partial charge in [-0.3, -0.25) is 14.2 Å². The number of benzene rings is 2. The second-order valence-corrected chi connectivity index (χ2v) is 9.04. The summed E-state index contributed by atoms with van der Waals surface area (Å²) >= 11 is 0. The molecule has 1 aliphatic rings. The summed E-state index contributed by atoms with van der Waals surface area (Å²) in [6, 6.07) is 13.9. The molecule has 182 valence electrons. The van der Waals surface area contributed by atoms with Gasteiger partial charge < -0.3 is 10.6 Å². The average Bonchev–Trinajstić information content (AvgIpc) is 3.28. The van der Waals surface area contributed by atoms with Crippen LogP contribution in [0.15, 0.2) is 52.1 Å². The lowest BCUT2D eigenvalue weighted by Gasteiger charge is -2.31. The molecule has 0 aliphatic carbocycles. The number of fused-ring (bicyclic) bond motifs is 2. The van der Waals surface area contributed by atoms with E-state index in [2.05, 4.69) is 22.7 Å². The maximum absolute atomic E-state index is 14.0. The van der Waals surface area contributed by atoms with Crippen LogP contribution >= 0.6 is 0 Å². The third kappa shape index (κ3) is 4.06. The smallest absolute Gasteiger partial charge is 0.294 e. The van der Waals surface area contributed by atoms with E-state index < -0.39 is 5.56 Å². The normalized spacial score (nSPS) is 15.6. The third-order valence-corrected chi connectivity index (χ3v) is 6.71. The van der Waals surface area contributed by atoms with Crippen molar-refractivity contribution in [1.29, 1.82) is 0 Å². The van der Waals surface area contributed by atoms with Gasteiger partial charge in [0.2, 0.25) is 5.95 Å². The first kappa shape index (κ1) is 23.5. The van der Waals surface area contributed by atoms with Crippen LogP contribution in [0.2, 0.25) is 0 Å². The Labute approximate surface area is 208 Å². The summed E-state index contributed by atoms with van der Waals surface area (Å²) in [7, 11) is 0. The van der Waals surface area contributed by atoms with Crippen molar-refractivity contribution in [1.82, 2.24) is 18.9 Å². The summed E-state index contributed by atoms with van der Waals surface area (Å²) in [6.07, 6.45) is 7.46. The van der Waals surface area contributed by atoms with Crippen LogP contribution in [-0.2, 0) is 19.6 Å². The van der Waals surface area contributed by atoms with Crippen molar-refractivity contribution in [2.75, 3.05) is 18.0 Å². The van der Waals surface area contributed by atoms with Crippen molar-refractivity contribution in [3.05, 3.63) is 68.7 Å². The molecule has 0 saturated carbocycles. The van der Waals surface area contributed by atoms with Gasteiger partial charge in [0, 0.05) is 19.1 Å². The van der Waals surface area contributed by atoms with Crippen molar-refractivity contribution >= 4 is 27.8 Å². The zero-order chi connectivity index (χ0) is 25.2. The van der Waals surface area contributed by atoms with Crippen LogP contribution in [-0.4, -0.2) is 38.0 Å². The Morgan fingerprint density at radius 3 is 2.67 bits per heavy atom. The standard InChI is InChI=1S/C28H28N6O2/c1-3-5-17-32-25-24(30-28(32)31-16-9-13-22(29)19-31)26(35)33(15-4-2)34(27(25)36)18-21-12-8-11-20-10-6-7-14-23(20)21/h2,6-8,10-12,14,22H,9,13,15-19,29H2,1H3/t22-/m1/s1. The highest BCUT2D eigenvalue weighted by molar-refractivity contribution is 5.85. The molecular weight excluding hydrogens is 452 g/mol. The van der Waals surface area contributed by atoms with Gasteiger partial charge >= 0.3 is 0 Å². The van der Waals surface area contributed by atoms with Crippen molar-refractivity contribution in [2.24, 2.45) is 5.73 Å². The quantitative estimate of drug-likeness (QED) is 0.442. The number of hydrogen-bond donors (Lipinski definition) is 1. The Morgan fingerprint density at radius 1 is 1.08 bits per heavy atom. The van der Waals surface area contributed by atoms with E-state index in [1.807, 2.05) is 47.4 Å². The van der Waals surface area contributed by atoms with Gasteiger partial charge in [0.25, 0.3) is 11.1 Å². The van der Waals surface area contributed by atoms with Gasteiger partial charge in [-0.05, 0) is 36.1 Å². The van der Waals surface area contributed by atoms with Crippen molar-refractivity contribution in [3.8, 4) is 24.2 Å². The Hall–Kier alpha value is -4.27. The summed E-state index contributed by atoms with van der Waals surface area (Å²) in [6.45, 7) is 3.50. The molecular formula is C28H28N6O2. The molecule has 2 N–H and O–H groups in total. The van der Waals surface area contributed by atoms with Crippen LogP contribution < -0.4 is 21.8 Å². The van der Waals surface area contributed by atoms with Gasteiger partial charge in [-0.15, -0.1) is 12.3 Å². The largest absolute Gasteiger partial charge is 0.341 e. The molecule has 5 rings (SSSR count). The summed E-state index contributed by atoms with van der Waals surface area (Å²) in [5, 5.41) is 2.07. The Morgan fingerprint density at radius 2 is 1.89 bits per heavy atom. The van der Waals surface area contributed by atoms with Crippen molar-refractivity contribution in [3.63, 3.8) is 0 Å². The minimum atomic E-state index is -0.395. The summed E-state index contributed by atoms with van der Waals surface area (Å²) in [4.78, 5) is 34.4. The number of piperidine rings is 1. The fourth-order valence-corrected chi connectivity index (χ4v) is 5.00. The number of imidazole rings is 1. The van der Waals surface area contributed by atoms with Gasteiger partial charge in [-0.2, -0.15) is 0 Å². The second kappa shape index (κ2) is 9.77. The first-order chi connectivity index (χ1) is 17.5. The first-order valence-electron chi connectivity index (χ1n) is 12.1. The minimum Gasteiger partial charge on any atom is -0.341 e. The molecule has 36 heavy (non-hydrogen) atoms. The molecule has 1 fully saturated rings. The minimum absolute atomic E-state index is 0.00499. The third-order valence-electron chi connectivity index (χ3n) is 6.71. The average molecular weight is 481 g/mol. The van der Waals surface area contributed by atoms with Gasteiger partial charge in [0.15, 0.2) is 5.52 Å². The molecule has 1 saturated heterocycles. The van der Waals surface area contributed by atoms with E-state index in [0.717, 1.165) is 35.7 Å².